The zero-order valence-electron chi connectivity index (χ0n) is 7.68. The molecule has 0 unspecified atom stereocenters. The van der Waals surface area contributed by atoms with E-state index in [1.54, 1.807) is 18.2 Å². The van der Waals surface area contributed by atoms with Gasteiger partial charge in [0.25, 0.3) is 0 Å². The first-order valence-electron chi connectivity index (χ1n) is 4.02. The molecule has 0 saturated heterocycles. The second-order valence-electron chi connectivity index (χ2n) is 2.63. The highest BCUT2D eigenvalue weighted by molar-refractivity contribution is 7.80. The average molecular weight is 223 g/mol. The van der Waals surface area contributed by atoms with Crippen molar-refractivity contribution >= 4 is 29.5 Å². The SMILES string of the molecule is NC(=S)N/N=C\c1ccccc1C(=O)O. The van der Waals surface area contributed by atoms with E-state index in [2.05, 4.69) is 22.7 Å². The molecule has 1 aromatic rings. The van der Waals surface area contributed by atoms with Crippen LogP contribution in [0.3, 0.4) is 0 Å². The molecule has 78 valence electrons. The Kier molecular flexibility index (Phi) is 3.75. The number of nitrogens with two attached hydrogens (primary N) is 1. The Bertz CT molecular complexity index is 418. The third kappa shape index (κ3) is 3.35. The van der Waals surface area contributed by atoms with Crippen molar-refractivity contribution in [3.63, 3.8) is 0 Å². The van der Waals surface area contributed by atoms with Crippen LogP contribution in [0, 0.1) is 0 Å². The predicted octanol–water partition coefficient (Wildman–Crippen LogP) is 0.552. The maximum absolute atomic E-state index is 10.8. The van der Waals surface area contributed by atoms with Crippen LogP contribution in [-0.2, 0) is 0 Å². The summed E-state index contributed by atoms with van der Waals surface area (Å²) in [7, 11) is 0. The van der Waals surface area contributed by atoms with Crippen LogP contribution in [-0.4, -0.2) is 22.4 Å². The normalized spacial score (nSPS) is 10.1. The van der Waals surface area contributed by atoms with Crippen molar-refractivity contribution < 1.29 is 9.90 Å². The molecule has 0 fully saturated rings. The molecular weight excluding hydrogens is 214 g/mol. The number of carboxylic acid groups (broad SMARTS) is 1. The quantitative estimate of drug-likeness (QED) is 0.396. The average Bonchev–Trinajstić information content (AvgIpc) is 2.17. The van der Waals surface area contributed by atoms with Crippen LogP contribution in [0.1, 0.15) is 15.9 Å². The molecule has 0 amide bonds. The first-order chi connectivity index (χ1) is 7.11. The Morgan fingerprint density at radius 1 is 1.53 bits per heavy atom. The van der Waals surface area contributed by atoms with Crippen LogP contribution in [0.2, 0.25) is 0 Å². The number of rotatable bonds is 3. The van der Waals surface area contributed by atoms with Crippen LogP contribution in [0.5, 0.6) is 0 Å². The lowest BCUT2D eigenvalue weighted by molar-refractivity contribution is 0.0697. The Balaban J connectivity index is 2.89. The van der Waals surface area contributed by atoms with E-state index in [-0.39, 0.29) is 10.7 Å². The standard InChI is InChI=1S/C9H9N3O2S/c10-9(15)12-11-5-6-3-1-2-4-7(6)8(13)14/h1-5H,(H,13,14)(H3,10,12,15)/b11-5-. The molecule has 0 aliphatic carbocycles. The van der Waals surface area contributed by atoms with E-state index in [1.807, 2.05) is 0 Å². The van der Waals surface area contributed by atoms with Gasteiger partial charge in [0.05, 0.1) is 11.8 Å². The highest BCUT2D eigenvalue weighted by Crippen LogP contribution is 2.05. The maximum atomic E-state index is 10.8. The number of nitrogens with zero attached hydrogens (tertiary/aromatic N) is 1. The molecule has 0 atom stereocenters. The van der Waals surface area contributed by atoms with Crippen LogP contribution in [0.15, 0.2) is 29.4 Å². The minimum absolute atomic E-state index is 0.0269. The maximum Gasteiger partial charge on any atom is 0.336 e. The van der Waals surface area contributed by atoms with Gasteiger partial charge in [-0.1, -0.05) is 18.2 Å². The summed E-state index contributed by atoms with van der Waals surface area (Å²) in [6.45, 7) is 0. The Hall–Kier alpha value is -1.95. The van der Waals surface area contributed by atoms with Crippen LogP contribution in [0.25, 0.3) is 0 Å². The summed E-state index contributed by atoms with van der Waals surface area (Å²) in [5.41, 5.74) is 8.14. The second-order valence-corrected chi connectivity index (χ2v) is 3.07. The molecule has 4 N–H and O–H groups in total. The molecular formula is C9H9N3O2S. The molecule has 1 aromatic carbocycles. The van der Waals surface area contributed by atoms with E-state index < -0.39 is 5.97 Å². The molecule has 15 heavy (non-hydrogen) atoms. The van der Waals surface area contributed by atoms with Gasteiger partial charge >= 0.3 is 5.97 Å². The molecule has 0 radical (unpaired) electrons. The summed E-state index contributed by atoms with van der Waals surface area (Å²) >= 11 is 4.53. The van der Waals surface area contributed by atoms with Crippen molar-refractivity contribution in [3.05, 3.63) is 35.4 Å². The number of aromatic carboxylic acids is 1. The van der Waals surface area contributed by atoms with Crippen molar-refractivity contribution in [2.75, 3.05) is 0 Å². The van der Waals surface area contributed by atoms with Gasteiger partial charge < -0.3 is 10.8 Å². The molecule has 0 heterocycles. The summed E-state index contributed by atoms with van der Waals surface area (Å²) in [6, 6.07) is 6.48. The lowest BCUT2D eigenvalue weighted by Gasteiger charge is -1.99. The number of hydrogen-bond acceptors (Lipinski definition) is 3. The fourth-order valence-electron chi connectivity index (χ4n) is 0.970. The topological polar surface area (TPSA) is 87.7 Å². The summed E-state index contributed by atoms with van der Waals surface area (Å²) in [4.78, 5) is 10.8. The molecule has 1 rings (SSSR count). The molecule has 0 aliphatic heterocycles. The largest absolute Gasteiger partial charge is 0.478 e. The van der Waals surface area contributed by atoms with Gasteiger partial charge in [-0.05, 0) is 18.3 Å². The fraction of sp³-hybridized carbons (Fsp3) is 0. The lowest BCUT2D eigenvalue weighted by Crippen LogP contribution is -2.24. The number of nitrogens with one attached hydrogen (secondary N) is 1. The number of thiocarbonyl (C=S) groups is 1. The van der Waals surface area contributed by atoms with E-state index in [4.69, 9.17) is 10.8 Å². The third-order valence-electron chi connectivity index (χ3n) is 1.57. The molecule has 0 aliphatic rings. The van der Waals surface area contributed by atoms with E-state index >= 15 is 0 Å². The first-order valence-corrected chi connectivity index (χ1v) is 4.43. The number of hydrogen-bond donors (Lipinski definition) is 3. The number of carbonyl (C=O) groups is 1. The second kappa shape index (κ2) is 5.06. The highest BCUT2D eigenvalue weighted by Gasteiger charge is 2.06. The Morgan fingerprint density at radius 2 is 2.20 bits per heavy atom. The van der Waals surface area contributed by atoms with Crippen molar-refractivity contribution in [3.8, 4) is 0 Å². The molecule has 5 nitrogen and oxygen atoms in total. The highest BCUT2D eigenvalue weighted by atomic mass is 32.1. The Morgan fingerprint density at radius 3 is 2.80 bits per heavy atom. The van der Waals surface area contributed by atoms with Gasteiger partial charge in [-0.2, -0.15) is 5.10 Å². The van der Waals surface area contributed by atoms with Crippen molar-refractivity contribution in [1.82, 2.24) is 5.43 Å². The number of hydrazone groups is 1. The van der Waals surface area contributed by atoms with Gasteiger partial charge in [0.15, 0.2) is 5.11 Å². The minimum atomic E-state index is -1.01. The van der Waals surface area contributed by atoms with Gasteiger partial charge in [-0.3, -0.25) is 5.43 Å². The van der Waals surface area contributed by atoms with Gasteiger partial charge in [-0.15, -0.1) is 0 Å². The number of carboxylic acids is 1. The number of benzene rings is 1. The zero-order valence-corrected chi connectivity index (χ0v) is 8.49. The minimum Gasteiger partial charge on any atom is -0.478 e. The lowest BCUT2D eigenvalue weighted by atomic mass is 10.1. The van der Waals surface area contributed by atoms with E-state index in [9.17, 15) is 4.79 Å². The predicted molar refractivity (Wildman–Crippen MR) is 60.9 cm³/mol. The third-order valence-corrected chi connectivity index (χ3v) is 1.66. The van der Waals surface area contributed by atoms with E-state index in [0.717, 1.165) is 0 Å². The van der Waals surface area contributed by atoms with Crippen LogP contribution < -0.4 is 11.2 Å². The van der Waals surface area contributed by atoms with Crippen molar-refractivity contribution in [2.45, 2.75) is 0 Å². The molecule has 0 bridgehead atoms. The molecule has 0 aromatic heterocycles. The Labute approximate surface area is 91.6 Å². The van der Waals surface area contributed by atoms with Gasteiger partial charge in [0.2, 0.25) is 0 Å². The fourth-order valence-corrected chi connectivity index (χ4v) is 1.02. The first kappa shape index (κ1) is 11.1. The molecule has 0 saturated carbocycles. The van der Waals surface area contributed by atoms with Gasteiger partial charge in [-0.25, -0.2) is 4.79 Å². The summed E-state index contributed by atoms with van der Waals surface area (Å²) < 4.78 is 0. The van der Waals surface area contributed by atoms with Gasteiger partial charge in [0.1, 0.15) is 0 Å². The van der Waals surface area contributed by atoms with Crippen LogP contribution in [0.4, 0.5) is 0 Å². The zero-order chi connectivity index (χ0) is 11.3. The van der Waals surface area contributed by atoms with Crippen LogP contribution >= 0.6 is 12.2 Å². The monoisotopic (exact) mass is 223 g/mol. The van der Waals surface area contributed by atoms with Crippen molar-refractivity contribution in [1.29, 1.82) is 0 Å². The summed E-state index contributed by atoms with van der Waals surface area (Å²) in [6.07, 6.45) is 1.35. The van der Waals surface area contributed by atoms with E-state index in [0.29, 0.717) is 5.56 Å². The summed E-state index contributed by atoms with van der Waals surface area (Å²) in [5, 5.41) is 12.5. The van der Waals surface area contributed by atoms with Crippen molar-refractivity contribution in [2.24, 2.45) is 10.8 Å². The van der Waals surface area contributed by atoms with E-state index in [1.165, 1.54) is 12.3 Å². The smallest absolute Gasteiger partial charge is 0.336 e. The molecule has 6 heteroatoms. The van der Waals surface area contributed by atoms with Gasteiger partial charge in [0, 0.05) is 5.56 Å². The summed E-state index contributed by atoms with van der Waals surface area (Å²) in [5.74, 6) is -1.01. The molecule has 0 spiro atoms.